The van der Waals surface area contributed by atoms with Gasteiger partial charge in [-0.2, -0.15) is 4.98 Å². The Balaban J connectivity index is 1.71. The van der Waals surface area contributed by atoms with Crippen LogP contribution in [0.4, 0.5) is 5.82 Å². The first-order valence-corrected chi connectivity index (χ1v) is 9.12. The summed E-state index contributed by atoms with van der Waals surface area (Å²) in [5.74, 6) is 0.217. The first-order valence-electron chi connectivity index (χ1n) is 9.12. The number of benzene rings is 1. The summed E-state index contributed by atoms with van der Waals surface area (Å²) in [5, 5.41) is 9.42. The third-order valence-corrected chi connectivity index (χ3v) is 5.07. The van der Waals surface area contributed by atoms with Crippen molar-refractivity contribution < 1.29 is 5.11 Å². The number of anilines is 1. The van der Waals surface area contributed by atoms with Crippen molar-refractivity contribution in [2.24, 2.45) is 5.73 Å². The van der Waals surface area contributed by atoms with Gasteiger partial charge in [-0.25, -0.2) is 4.79 Å². The minimum Gasteiger partial charge on any atom is -0.395 e. The molecular formula is C19H27N5O2. The van der Waals surface area contributed by atoms with Crippen LogP contribution in [0, 0.1) is 0 Å². The van der Waals surface area contributed by atoms with Gasteiger partial charge in [0.1, 0.15) is 5.82 Å². The molecule has 0 radical (unpaired) electrons. The first-order chi connectivity index (χ1) is 12.6. The van der Waals surface area contributed by atoms with Gasteiger partial charge in [0.05, 0.1) is 12.3 Å². The summed E-state index contributed by atoms with van der Waals surface area (Å²) < 4.78 is 1.47. The predicted octanol–water partition coefficient (Wildman–Crippen LogP) is 0.879. The van der Waals surface area contributed by atoms with E-state index in [9.17, 15) is 9.90 Å². The number of hydrogen-bond donors (Lipinski definition) is 3. The van der Waals surface area contributed by atoms with Crippen LogP contribution in [0.15, 0.2) is 41.3 Å². The van der Waals surface area contributed by atoms with Gasteiger partial charge in [0, 0.05) is 31.4 Å². The van der Waals surface area contributed by atoms with Crippen molar-refractivity contribution in [3.8, 4) is 5.69 Å². The minimum atomic E-state index is -0.391. The lowest BCUT2D eigenvalue weighted by atomic mass is 9.90. The van der Waals surface area contributed by atoms with E-state index < -0.39 is 5.69 Å². The molecule has 1 aliphatic rings. The maximum absolute atomic E-state index is 11.9. The maximum Gasteiger partial charge on any atom is 0.354 e. The number of nitrogens with two attached hydrogens (primary N) is 2. The molecule has 5 N–H and O–H groups in total. The van der Waals surface area contributed by atoms with Gasteiger partial charge in [-0.1, -0.05) is 12.1 Å². The van der Waals surface area contributed by atoms with Crippen LogP contribution in [0.2, 0.25) is 0 Å². The fourth-order valence-electron chi connectivity index (χ4n) is 3.60. The van der Waals surface area contributed by atoms with Crippen LogP contribution < -0.4 is 17.2 Å². The van der Waals surface area contributed by atoms with Gasteiger partial charge in [-0.05, 0) is 49.4 Å². The first kappa shape index (κ1) is 18.6. The van der Waals surface area contributed by atoms with Crippen molar-refractivity contribution in [2.45, 2.75) is 44.3 Å². The van der Waals surface area contributed by atoms with Crippen molar-refractivity contribution in [2.75, 3.05) is 18.9 Å². The van der Waals surface area contributed by atoms with Gasteiger partial charge in [0.2, 0.25) is 0 Å². The normalized spacial score (nSPS) is 20.4. The predicted molar refractivity (Wildman–Crippen MR) is 102 cm³/mol. The van der Waals surface area contributed by atoms with Crippen LogP contribution in [0.3, 0.4) is 0 Å². The van der Waals surface area contributed by atoms with Gasteiger partial charge >= 0.3 is 5.69 Å². The average Bonchev–Trinajstić information content (AvgIpc) is 2.63. The molecule has 1 aromatic heterocycles. The zero-order valence-corrected chi connectivity index (χ0v) is 14.9. The second-order valence-corrected chi connectivity index (χ2v) is 6.93. The average molecular weight is 357 g/mol. The second-order valence-electron chi connectivity index (χ2n) is 6.93. The maximum atomic E-state index is 11.9. The summed E-state index contributed by atoms with van der Waals surface area (Å²) in [7, 11) is 0. The van der Waals surface area contributed by atoms with Crippen LogP contribution in [0.5, 0.6) is 0 Å². The Hall–Kier alpha value is -2.22. The molecule has 3 rings (SSSR count). The summed E-state index contributed by atoms with van der Waals surface area (Å²) in [4.78, 5) is 18.0. The lowest BCUT2D eigenvalue weighted by molar-refractivity contribution is 0.113. The number of nitrogen functional groups attached to an aromatic ring is 1. The lowest BCUT2D eigenvalue weighted by Gasteiger charge is -2.35. The summed E-state index contributed by atoms with van der Waals surface area (Å²) >= 11 is 0. The van der Waals surface area contributed by atoms with Crippen LogP contribution in [0.25, 0.3) is 5.69 Å². The molecule has 1 heterocycles. The summed E-state index contributed by atoms with van der Waals surface area (Å²) in [5.41, 5.74) is 13.1. The molecule has 0 aliphatic heterocycles. The monoisotopic (exact) mass is 357 g/mol. The second kappa shape index (κ2) is 8.44. The SMILES string of the molecule is Nc1ccn(-c2ccc(CN(CCO)C3CCC(N)CC3)cc2)c(=O)n1. The van der Waals surface area contributed by atoms with Gasteiger partial charge < -0.3 is 16.6 Å². The summed E-state index contributed by atoms with van der Waals surface area (Å²) in [6, 6.07) is 10.2. The number of hydrogen-bond acceptors (Lipinski definition) is 6. The quantitative estimate of drug-likeness (QED) is 0.708. The molecule has 0 saturated heterocycles. The standard InChI is InChI=1S/C19H27N5O2/c20-15-3-7-16(8-4-15)23(11-12-25)13-14-1-5-17(6-2-14)24-10-9-18(21)22-19(24)26/h1-2,5-6,9-10,15-16,25H,3-4,7-8,11-13,20H2,(H2,21,22,26). The van der Waals surface area contributed by atoms with Crippen LogP contribution in [0.1, 0.15) is 31.2 Å². The van der Waals surface area contributed by atoms with Crippen molar-refractivity contribution in [1.29, 1.82) is 0 Å². The Kier molecular flexibility index (Phi) is 6.03. The Morgan fingerprint density at radius 3 is 2.46 bits per heavy atom. The molecule has 26 heavy (non-hydrogen) atoms. The molecule has 0 spiro atoms. The highest BCUT2D eigenvalue weighted by Crippen LogP contribution is 2.23. The Morgan fingerprint density at radius 1 is 1.15 bits per heavy atom. The molecule has 7 heteroatoms. The van der Waals surface area contributed by atoms with Crippen molar-refractivity contribution in [3.05, 3.63) is 52.6 Å². The molecule has 0 amide bonds. The van der Waals surface area contributed by atoms with E-state index in [-0.39, 0.29) is 12.4 Å². The molecule has 0 unspecified atom stereocenters. The smallest absolute Gasteiger partial charge is 0.354 e. The Morgan fingerprint density at radius 2 is 1.85 bits per heavy atom. The number of aliphatic hydroxyl groups is 1. The van der Waals surface area contributed by atoms with E-state index in [1.54, 1.807) is 12.3 Å². The topological polar surface area (TPSA) is 110 Å². The molecule has 1 fully saturated rings. The molecule has 140 valence electrons. The van der Waals surface area contributed by atoms with Crippen LogP contribution in [-0.2, 0) is 6.54 Å². The van der Waals surface area contributed by atoms with Crippen molar-refractivity contribution in [1.82, 2.24) is 14.5 Å². The highest BCUT2D eigenvalue weighted by molar-refractivity contribution is 5.36. The van der Waals surface area contributed by atoms with E-state index >= 15 is 0 Å². The van der Waals surface area contributed by atoms with E-state index in [4.69, 9.17) is 11.5 Å². The van der Waals surface area contributed by atoms with E-state index in [0.717, 1.165) is 43.5 Å². The summed E-state index contributed by atoms with van der Waals surface area (Å²) in [6.07, 6.45) is 5.86. The van der Waals surface area contributed by atoms with E-state index in [1.165, 1.54) is 4.57 Å². The van der Waals surface area contributed by atoms with Gasteiger partial charge in [-0.3, -0.25) is 9.47 Å². The molecule has 1 aliphatic carbocycles. The van der Waals surface area contributed by atoms with Gasteiger partial charge in [0.15, 0.2) is 0 Å². The highest BCUT2D eigenvalue weighted by Gasteiger charge is 2.24. The number of rotatable bonds is 6. The van der Waals surface area contributed by atoms with Gasteiger partial charge in [0.25, 0.3) is 0 Å². The van der Waals surface area contributed by atoms with Crippen molar-refractivity contribution in [3.63, 3.8) is 0 Å². The number of nitrogens with zero attached hydrogens (tertiary/aromatic N) is 3. The van der Waals surface area contributed by atoms with Crippen LogP contribution in [-0.4, -0.2) is 44.8 Å². The van der Waals surface area contributed by atoms with Crippen LogP contribution >= 0.6 is 0 Å². The molecule has 7 nitrogen and oxygen atoms in total. The largest absolute Gasteiger partial charge is 0.395 e. The molecule has 0 bridgehead atoms. The van der Waals surface area contributed by atoms with E-state index in [2.05, 4.69) is 9.88 Å². The zero-order chi connectivity index (χ0) is 18.5. The van der Waals surface area contributed by atoms with Crippen molar-refractivity contribution >= 4 is 5.82 Å². The molecule has 0 atom stereocenters. The molecule has 1 saturated carbocycles. The highest BCUT2D eigenvalue weighted by atomic mass is 16.3. The lowest BCUT2D eigenvalue weighted by Crippen LogP contribution is -2.41. The third kappa shape index (κ3) is 4.49. The number of aromatic nitrogens is 2. The Bertz CT molecular complexity index is 766. The van der Waals surface area contributed by atoms with E-state index in [0.29, 0.717) is 18.6 Å². The fraction of sp³-hybridized carbons (Fsp3) is 0.474. The van der Waals surface area contributed by atoms with Gasteiger partial charge in [-0.15, -0.1) is 0 Å². The molecule has 2 aromatic rings. The number of aliphatic hydroxyl groups excluding tert-OH is 1. The third-order valence-electron chi connectivity index (χ3n) is 5.07. The summed E-state index contributed by atoms with van der Waals surface area (Å²) in [6.45, 7) is 1.58. The van der Waals surface area contributed by atoms with E-state index in [1.807, 2.05) is 24.3 Å². The Labute approximate surface area is 153 Å². The molecule has 1 aromatic carbocycles. The minimum absolute atomic E-state index is 0.146. The fourth-order valence-corrected chi connectivity index (χ4v) is 3.60. The zero-order valence-electron chi connectivity index (χ0n) is 14.9. The molecular weight excluding hydrogens is 330 g/mol.